The molecule has 2 aromatic carbocycles. The molecule has 0 spiro atoms. The van der Waals surface area contributed by atoms with Gasteiger partial charge in [-0.25, -0.2) is 0 Å². The second-order valence-electron chi connectivity index (χ2n) is 6.16. The van der Waals surface area contributed by atoms with Gasteiger partial charge in [-0.2, -0.15) is 0 Å². The number of aliphatic imine (C=N–C) groups is 1. The van der Waals surface area contributed by atoms with E-state index in [1.54, 1.807) is 14.2 Å². The Balaban J connectivity index is 1.74. The van der Waals surface area contributed by atoms with Crippen molar-refractivity contribution in [2.24, 2.45) is 4.99 Å². The van der Waals surface area contributed by atoms with Crippen LogP contribution in [0.1, 0.15) is 18.1 Å². The van der Waals surface area contributed by atoms with Gasteiger partial charge in [0.15, 0.2) is 17.5 Å². The summed E-state index contributed by atoms with van der Waals surface area (Å²) in [7, 11) is 3.29. The fourth-order valence-corrected chi connectivity index (χ4v) is 2.69. The van der Waals surface area contributed by atoms with Crippen molar-refractivity contribution in [3.63, 3.8) is 0 Å². The van der Waals surface area contributed by atoms with E-state index in [0.717, 1.165) is 37.0 Å². The first kappa shape index (κ1) is 21.6. The average molecular weight is 386 g/mol. The van der Waals surface area contributed by atoms with E-state index in [1.807, 2.05) is 36.4 Å². The molecule has 0 saturated carbocycles. The van der Waals surface area contributed by atoms with Crippen LogP contribution in [0.2, 0.25) is 0 Å². The SMILES string of the molecule is CCNC(=NCCOCc1ccccc1)NCCc1ccc(OC)c(OC)c1. The largest absolute Gasteiger partial charge is 0.493 e. The van der Waals surface area contributed by atoms with Crippen molar-refractivity contribution < 1.29 is 14.2 Å². The molecule has 6 heteroatoms. The molecule has 0 fully saturated rings. The summed E-state index contributed by atoms with van der Waals surface area (Å²) in [4.78, 5) is 4.56. The van der Waals surface area contributed by atoms with E-state index in [9.17, 15) is 0 Å². The second-order valence-corrected chi connectivity index (χ2v) is 6.16. The fourth-order valence-electron chi connectivity index (χ4n) is 2.69. The molecule has 2 N–H and O–H groups in total. The predicted molar refractivity (Wildman–Crippen MR) is 113 cm³/mol. The molecule has 0 bridgehead atoms. The van der Waals surface area contributed by atoms with Crippen molar-refractivity contribution in [2.75, 3.05) is 40.5 Å². The maximum Gasteiger partial charge on any atom is 0.191 e. The summed E-state index contributed by atoms with van der Waals surface area (Å²) < 4.78 is 16.3. The molecule has 6 nitrogen and oxygen atoms in total. The van der Waals surface area contributed by atoms with Crippen LogP contribution in [0.3, 0.4) is 0 Å². The molecule has 0 aliphatic heterocycles. The van der Waals surface area contributed by atoms with Gasteiger partial charge in [-0.3, -0.25) is 4.99 Å². The Morgan fingerprint density at radius 3 is 2.43 bits per heavy atom. The van der Waals surface area contributed by atoms with Crippen molar-refractivity contribution in [1.82, 2.24) is 10.6 Å². The van der Waals surface area contributed by atoms with Gasteiger partial charge in [-0.05, 0) is 36.6 Å². The second kappa shape index (κ2) is 12.6. The summed E-state index contributed by atoms with van der Waals surface area (Å²) in [6.45, 7) is 5.44. The molecule has 0 amide bonds. The average Bonchev–Trinajstić information content (AvgIpc) is 2.74. The van der Waals surface area contributed by atoms with Crippen LogP contribution in [-0.4, -0.2) is 46.4 Å². The van der Waals surface area contributed by atoms with E-state index in [0.29, 0.717) is 19.8 Å². The number of rotatable bonds is 11. The standard InChI is InChI=1S/C22H31N3O3/c1-4-23-22(25-14-15-28-17-19-8-6-5-7-9-19)24-13-12-18-10-11-20(26-2)21(16-18)27-3/h5-11,16H,4,12-15,17H2,1-3H3,(H2,23,24,25). The molecule has 0 atom stereocenters. The number of nitrogens with one attached hydrogen (secondary N) is 2. The lowest BCUT2D eigenvalue weighted by atomic mass is 10.1. The summed E-state index contributed by atoms with van der Waals surface area (Å²) in [5, 5.41) is 6.61. The molecule has 0 radical (unpaired) electrons. The Kier molecular flexibility index (Phi) is 9.72. The monoisotopic (exact) mass is 385 g/mol. The first-order valence-corrected chi connectivity index (χ1v) is 9.61. The van der Waals surface area contributed by atoms with E-state index in [2.05, 4.69) is 34.7 Å². The Labute approximate surface area is 167 Å². The molecule has 0 saturated heterocycles. The van der Waals surface area contributed by atoms with E-state index < -0.39 is 0 Å². The van der Waals surface area contributed by atoms with Crippen LogP contribution in [-0.2, 0) is 17.8 Å². The number of ether oxygens (including phenoxy) is 3. The van der Waals surface area contributed by atoms with Crippen LogP contribution in [0.4, 0.5) is 0 Å². The van der Waals surface area contributed by atoms with Gasteiger partial charge >= 0.3 is 0 Å². The maximum atomic E-state index is 5.68. The summed E-state index contributed by atoms with van der Waals surface area (Å²) in [5.41, 5.74) is 2.35. The zero-order valence-electron chi connectivity index (χ0n) is 17.0. The van der Waals surface area contributed by atoms with Crippen LogP contribution in [0, 0.1) is 0 Å². The third-order valence-electron chi connectivity index (χ3n) is 4.12. The smallest absolute Gasteiger partial charge is 0.191 e. The van der Waals surface area contributed by atoms with Gasteiger partial charge in [-0.15, -0.1) is 0 Å². The third-order valence-corrected chi connectivity index (χ3v) is 4.12. The number of methoxy groups -OCH3 is 2. The van der Waals surface area contributed by atoms with Crippen LogP contribution in [0.25, 0.3) is 0 Å². The first-order valence-electron chi connectivity index (χ1n) is 9.61. The molecule has 0 aromatic heterocycles. The number of benzene rings is 2. The van der Waals surface area contributed by atoms with Crippen molar-refractivity contribution >= 4 is 5.96 Å². The van der Waals surface area contributed by atoms with Gasteiger partial charge in [-0.1, -0.05) is 36.4 Å². The minimum absolute atomic E-state index is 0.584. The topological polar surface area (TPSA) is 64.1 Å². The van der Waals surface area contributed by atoms with Crippen LogP contribution in [0.5, 0.6) is 11.5 Å². The Morgan fingerprint density at radius 2 is 1.71 bits per heavy atom. The molecule has 0 unspecified atom stereocenters. The van der Waals surface area contributed by atoms with Crippen LogP contribution >= 0.6 is 0 Å². The molecule has 152 valence electrons. The molecule has 0 heterocycles. The van der Waals surface area contributed by atoms with Gasteiger partial charge < -0.3 is 24.8 Å². The first-order chi connectivity index (χ1) is 13.8. The maximum absolute atomic E-state index is 5.68. The van der Waals surface area contributed by atoms with E-state index >= 15 is 0 Å². The van der Waals surface area contributed by atoms with E-state index in [-0.39, 0.29) is 0 Å². The van der Waals surface area contributed by atoms with Gasteiger partial charge in [0.25, 0.3) is 0 Å². The molecular formula is C22H31N3O3. The van der Waals surface area contributed by atoms with E-state index in [1.165, 1.54) is 11.1 Å². The zero-order chi connectivity index (χ0) is 20.0. The normalized spacial score (nSPS) is 11.2. The molecule has 2 aromatic rings. The van der Waals surface area contributed by atoms with Crippen molar-refractivity contribution in [2.45, 2.75) is 20.0 Å². The Bertz CT molecular complexity index is 720. The van der Waals surface area contributed by atoms with Crippen LogP contribution in [0.15, 0.2) is 53.5 Å². The molecule has 0 aliphatic rings. The quantitative estimate of drug-likeness (QED) is 0.354. The summed E-state index contributed by atoms with van der Waals surface area (Å²) in [6.07, 6.45) is 0.856. The molecule has 2 rings (SSSR count). The Hall–Kier alpha value is -2.73. The molecule has 0 aliphatic carbocycles. The zero-order valence-corrected chi connectivity index (χ0v) is 17.0. The highest BCUT2D eigenvalue weighted by molar-refractivity contribution is 5.79. The summed E-state index contributed by atoms with van der Waals surface area (Å²) >= 11 is 0. The highest BCUT2D eigenvalue weighted by Gasteiger charge is 2.05. The molecular weight excluding hydrogens is 354 g/mol. The Morgan fingerprint density at radius 1 is 0.929 bits per heavy atom. The summed E-state index contributed by atoms with van der Waals surface area (Å²) in [6, 6.07) is 16.1. The van der Waals surface area contributed by atoms with Gasteiger partial charge in [0, 0.05) is 13.1 Å². The third kappa shape index (κ3) is 7.48. The predicted octanol–water partition coefficient (Wildman–Crippen LogP) is 3.02. The van der Waals surface area contributed by atoms with Gasteiger partial charge in [0.05, 0.1) is 34.0 Å². The minimum atomic E-state index is 0.584. The van der Waals surface area contributed by atoms with Crippen molar-refractivity contribution in [1.29, 1.82) is 0 Å². The fraction of sp³-hybridized carbons (Fsp3) is 0.409. The number of nitrogens with zero attached hydrogens (tertiary/aromatic N) is 1. The minimum Gasteiger partial charge on any atom is -0.493 e. The highest BCUT2D eigenvalue weighted by Crippen LogP contribution is 2.27. The lowest BCUT2D eigenvalue weighted by Crippen LogP contribution is -2.38. The van der Waals surface area contributed by atoms with Crippen molar-refractivity contribution in [3.05, 3.63) is 59.7 Å². The highest BCUT2D eigenvalue weighted by atomic mass is 16.5. The molecule has 28 heavy (non-hydrogen) atoms. The lowest BCUT2D eigenvalue weighted by molar-refractivity contribution is 0.128. The van der Waals surface area contributed by atoms with E-state index in [4.69, 9.17) is 14.2 Å². The summed E-state index contributed by atoms with van der Waals surface area (Å²) in [5.74, 6) is 2.28. The lowest BCUT2D eigenvalue weighted by Gasteiger charge is -2.13. The van der Waals surface area contributed by atoms with Crippen LogP contribution < -0.4 is 20.1 Å². The van der Waals surface area contributed by atoms with Gasteiger partial charge in [0.1, 0.15) is 0 Å². The number of hydrogen-bond acceptors (Lipinski definition) is 4. The van der Waals surface area contributed by atoms with Crippen molar-refractivity contribution in [3.8, 4) is 11.5 Å². The number of guanidine groups is 1. The van der Waals surface area contributed by atoms with Gasteiger partial charge in [0.2, 0.25) is 0 Å². The number of hydrogen-bond donors (Lipinski definition) is 2.